The summed E-state index contributed by atoms with van der Waals surface area (Å²) in [5.74, 6) is 0.520. The molecule has 27 heavy (non-hydrogen) atoms. The van der Waals surface area contributed by atoms with Gasteiger partial charge in [-0.25, -0.2) is 9.18 Å². The summed E-state index contributed by atoms with van der Waals surface area (Å²) in [6.07, 6.45) is 0.393. The lowest BCUT2D eigenvalue weighted by Crippen LogP contribution is -2.38. The Kier molecular flexibility index (Phi) is 5.90. The Balaban J connectivity index is 1.45. The molecule has 1 unspecified atom stereocenters. The van der Waals surface area contributed by atoms with Crippen molar-refractivity contribution in [2.24, 2.45) is 5.92 Å². The van der Waals surface area contributed by atoms with Gasteiger partial charge in [0.25, 0.3) is 0 Å². The van der Waals surface area contributed by atoms with Crippen LogP contribution in [0.4, 0.5) is 14.9 Å². The maximum absolute atomic E-state index is 12.9. The number of anilines is 1. The van der Waals surface area contributed by atoms with E-state index in [1.54, 1.807) is 24.1 Å². The SMILES string of the molecule is COc1ccc(N2CC(CNC(=O)NCc3ccc(F)cc3)CC2=O)cc1. The highest BCUT2D eigenvalue weighted by atomic mass is 19.1. The molecule has 3 amide bonds. The summed E-state index contributed by atoms with van der Waals surface area (Å²) in [5.41, 5.74) is 1.64. The van der Waals surface area contributed by atoms with E-state index in [-0.39, 0.29) is 23.7 Å². The summed E-state index contributed by atoms with van der Waals surface area (Å²) in [5, 5.41) is 5.52. The van der Waals surface area contributed by atoms with E-state index in [9.17, 15) is 14.0 Å². The van der Waals surface area contributed by atoms with Gasteiger partial charge in [-0.15, -0.1) is 0 Å². The van der Waals surface area contributed by atoms with Crippen LogP contribution in [0.1, 0.15) is 12.0 Å². The van der Waals surface area contributed by atoms with Crippen LogP contribution in [0.15, 0.2) is 48.5 Å². The predicted molar refractivity (Wildman–Crippen MR) is 100 cm³/mol. The van der Waals surface area contributed by atoms with Crippen molar-refractivity contribution in [3.05, 3.63) is 59.9 Å². The van der Waals surface area contributed by atoms with Gasteiger partial charge in [-0.05, 0) is 42.0 Å². The second kappa shape index (κ2) is 8.53. The quantitative estimate of drug-likeness (QED) is 0.820. The number of hydrogen-bond acceptors (Lipinski definition) is 3. The van der Waals surface area contributed by atoms with Crippen molar-refractivity contribution in [2.75, 3.05) is 25.1 Å². The van der Waals surface area contributed by atoms with Crippen molar-refractivity contribution in [1.29, 1.82) is 0 Å². The highest BCUT2D eigenvalue weighted by molar-refractivity contribution is 5.95. The largest absolute Gasteiger partial charge is 0.497 e. The lowest BCUT2D eigenvalue weighted by atomic mass is 10.1. The van der Waals surface area contributed by atoms with E-state index >= 15 is 0 Å². The van der Waals surface area contributed by atoms with Crippen molar-refractivity contribution in [3.63, 3.8) is 0 Å². The molecular weight excluding hydrogens is 349 g/mol. The summed E-state index contributed by atoms with van der Waals surface area (Å²) >= 11 is 0. The number of carbonyl (C=O) groups is 2. The van der Waals surface area contributed by atoms with Crippen molar-refractivity contribution in [2.45, 2.75) is 13.0 Å². The molecule has 1 saturated heterocycles. The topological polar surface area (TPSA) is 70.7 Å². The minimum absolute atomic E-state index is 0.0405. The molecule has 0 saturated carbocycles. The van der Waals surface area contributed by atoms with Gasteiger partial charge in [-0.2, -0.15) is 0 Å². The van der Waals surface area contributed by atoms with Crippen molar-refractivity contribution >= 4 is 17.6 Å². The Morgan fingerprint density at radius 3 is 2.52 bits per heavy atom. The lowest BCUT2D eigenvalue weighted by molar-refractivity contribution is -0.117. The number of methoxy groups -OCH3 is 1. The van der Waals surface area contributed by atoms with E-state index in [0.717, 1.165) is 17.0 Å². The minimum atomic E-state index is -0.310. The molecule has 1 aliphatic rings. The molecule has 0 bridgehead atoms. The van der Waals surface area contributed by atoms with Gasteiger partial charge in [0.2, 0.25) is 5.91 Å². The zero-order valence-corrected chi connectivity index (χ0v) is 15.1. The third-order valence-corrected chi connectivity index (χ3v) is 4.51. The molecule has 3 rings (SSSR count). The van der Waals surface area contributed by atoms with E-state index in [4.69, 9.17) is 4.74 Å². The first-order valence-electron chi connectivity index (χ1n) is 8.75. The summed E-state index contributed by atoms with van der Waals surface area (Å²) in [6, 6.07) is 13.0. The van der Waals surface area contributed by atoms with E-state index in [2.05, 4.69) is 10.6 Å². The number of benzene rings is 2. The zero-order valence-electron chi connectivity index (χ0n) is 15.1. The molecular formula is C20H22FN3O3. The van der Waals surface area contributed by atoms with E-state index in [0.29, 0.717) is 26.1 Å². The van der Waals surface area contributed by atoms with Crippen LogP contribution in [-0.4, -0.2) is 32.1 Å². The van der Waals surface area contributed by atoms with E-state index in [1.165, 1.54) is 12.1 Å². The fourth-order valence-corrected chi connectivity index (χ4v) is 3.01. The highest BCUT2D eigenvalue weighted by Crippen LogP contribution is 2.26. The van der Waals surface area contributed by atoms with Crippen LogP contribution in [0.3, 0.4) is 0 Å². The Bertz CT molecular complexity index is 793. The first-order valence-corrected chi connectivity index (χ1v) is 8.75. The Morgan fingerprint density at radius 2 is 1.85 bits per heavy atom. The number of urea groups is 1. The van der Waals surface area contributed by atoms with Gasteiger partial charge >= 0.3 is 6.03 Å². The molecule has 0 aromatic heterocycles. The van der Waals surface area contributed by atoms with E-state index in [1.807, 2.05) is 24.3 Å². The first kappa shape index (κ1) is 18.7. The molecule has 1 heterocycles. The molecule has 2 aromatic rings. The number of rotatable bonds is 6. The molecule has 1 atom stereocenters. The molecule has 6 nitrogen and oxygen atoms in total. The number of nitrogens with zero attached hydrogens (tertiary/aromatic N) is 1. The lowest BCUT2D eigenvalue weighted by Gasteiger charge is -2.17. The smallest absolute Gasteiger partial charge is 0.315 e. The van der Waals surface area contributed by atoms with Crippen LogP contribution >= 0.6 is 0 Å². The van der Waals surface area contributed by atoms with Crippen LogP contribution in [0.25, 0.3) is 0 Å². The number of amides is 3. The Hall–Kier alpha value is -3.09. The highest BCUT2D eigenvalue weighted by Gasteiger charge is 2.30. The van der Waals surface area contributed by atoms with Crippen molar-refractivity contribution < 1.29 is 18.7 Å². The number of carbonyl (C=O) groups excluding carboxylic acids is 2. The first-order chi connectivity index (χ1) is 13.0. The van der Waals surface area contributed by atoms with Gasteiger partial charge in [0.15, 0.2) is 0 Å². The average Bonchev–Trinajstić information content (AvgIpc) is 3.06. The monoisotopic (exact) mass is 371 g/mol. The fraction of sp³-hybridized carbons (Fsp3) is 0.300. The van der Waals surface area contributed by atoms with Gasteiger partial charge in [0, 0.05) is 37.7 Å². The maximum Gasteiger partial charge on any atom is 0.315 e. The third kappa shape index (κ3) is 4.97. The van der Waals surface area contributed by atoms with Gasteiger partial charge in [0.1, 0.15) is 11.6 Å². The van der Waals surface area contributed by atoms with Gasteiger partial charge in [-0.1, -0.05) is 12.1 Å². The minimum Gasteiger partial charge on any atom is -0.497 e. The number of halogens is 1. The molecule has 142 valence electrons. The van der Waals surface area contributed by atoms with Gasteiger partial charge in [0.05, 0.1) is 7.11 Å². The molecule has 0 spiro atoms. The predicted octanol–water partition coefficient (Wildman–Crippen LogP) is 2.69. The van der Waals surface area contributed by atoms with Crippen LogP contribution < -0.4 is 20.3 Å². The average molecular weight is 371 g/mol. The summed E-state index contributed by atoms with van der Waals surface area (Å²) in [7, 11) is 1.60. The fourth-order valence-electron chi connectivity index (χ4n) is 3.01. The summed E-state index contributed by atoms with van der Waals surface area (Å²) < 4.78 is 18.0. The Morgan fingerprint density at radius 1 is 1.15 bits per heavy atom. The standard InChI is InChI=1S/C20H22FN3O3/c1-27-18-8-6-17(7-9-18)24-13-15(10-19(24)25)12-23-20(26)22-11-14-2-4-16(21)5-3-14/h2-9,15H,10-13H2,1H3,(H2,22,23,26). The summed E-state index contributed by atoms with van der Waals surface area (Å²) in [6.45, 7) is 1.28. The molecule has 2 aromatic carbocycles. The van der Waals surface area contributed by atoms with Crippen LogP contribution in [0.5, 0.6) is 5.75 Å². The van der Waals surface area contributed by atoms with Crippen LogP contribution in [0.2, 0.25) is 0 Å². The third-order valence-electron chi connectivity index (χ3n) is 4.51. The molecule has 0 aliphatic carbocycles. The number of ether oxygens (including phenoxy) is 1. The van der Waals surface area contributed by atoms with Crippen LogP contribution in [0, 0.1) is 11.7 Å². The number of hydrogen-bond donors (Lipinski definition) is 2. The normalized spacial score (nSPS) is 16.3. The number of nitrogens with one attached hydrogen (secondary N) is 2. The molecule has 0 radical (unpaired) electrons. The van der Waals surface area contributed by atoms with Crippen molar-refractivity contribution in [3.8, 4) is 5.75 Å². The second-order valence-electron chi connectivity index (χ2n) is 6.46. The molecule has 1 fully saturated rings. The maximum atomic E-state index is 12.9. The molecule has 1 aliphatic heterocycles. The Labute approximate surface area is 157 Å². The molecule has 7 heteroatoms. The second-order valence-corrected chi connectivity index (χ2v) is 6.46. The van der Waals surface area contributed by atoms with Crippen molar-refractivity contribution in [1.82, 2.24) is 10.6 Å². The molecule has 2 N–H and O–H groups in total. The van der Waals surface area contributed by atoms with Gasteiger partial charge in [-0.3, -0.25) is 4.79 Å². The van der Waals surface area contributed by atoms with Gasteiger partial charge < -0.3 is 20.3 Å². The summed E-state index contributed by atoms with van der Waals surface area (Å²) in [4.78, 5) is 25.9. The zero-order chi connectivity index (χ0) is 19.2. The van der Waals surface area contributed by atoms with Crippen LogP contribution in [-0.2, 0) is 11.3 Å². The van der Waals surface area contributed by atoms with E-state index < -0.39 is 0 Å².